The Balaban J connectivity index is 2.23. The van der Waals surface area contributed by atoms with E-state index < -0.39 is 35.9 Å². The summed E-state index contributed by atoms with van der Waals surface area (Å²) in [6.45, 7) is 9.02. The van der Waals surface area contributed by atoms with Gasteiger partial charge in [-0.15, -0.1) is 11.3 Å². The second-order valence-electron chi connectivity index (χ2n) is 10.7. The number of carboxylic acid groups (broad SMARTS) is 1. The third-order valence-electron chi connectivity index (χ3n) is 6.92. The number of thiazole rings is 1. The van der Waals surface area contributed by atoms with Gasteiger partial charge in [-0.3, -0.25) is 19.2 Å². The number of rotatable bonds is 16. The van der Waals surface area contributed by atoms with Crippen molar-refractivity contribution >= 4 is 35.1 Å². The molecule has 1 unspecified atom stereocenters. The number of hydrogen-bond acceptors (Lipinski definition) is 7. The van der Waals surface area contributed by atoms with Crippen molar-refractivity contribution in [2.24, 2.45) is 11.8 Å². The first-order valence-corrected chi connectivity index (χ1v) is 14.8. The average molecular weight is 574 g/mol. The summed E-state index contributed by atoms with van der Waals surface area (Å²) in [6.07, 6.45) is 2.57. The van der Waals surface area contributed by atoms with Crippen LogP contribution in [-0.2, 0) is 25.5 Å². The smallest absolute Gasteiger partial charge is 0.306 e. The van der Waals surface area contributed by atoms with E-state index in [1.54, 1.807) is 24.3 Å². The molecular weight excluding hydrogens is 530 g/mol. The molecule has 0 aliphatic rings. The minimum absolute atomic E-state index is 0.0429. The van der Waals surface area contributed by atoms with E-state index in [0.29, 0.717) is 24.3 Å². The van der Waals surface area contributed by atoms with Crippen LogP contribution in [0.4, 0.5) is 0 Å². The lowest BCUT2D eigenvalue weighted by Crippen LogP contribution is -2.41. The van der Waals surface area contributed by atoms with Crippen LogP contribution in [-0.4, -0.2) is 57.9 Å². The second kappa shape index (κ2) is 16.1. The van der Waals surface area contributed by atoms with Crippen molar-refractivity contribution in [1.82, 2.24) is 15.2 Å². The summed E-state index contributed by atoms with van der Waals surface area (Å²) >= 11 is 1.22. The van der Waals surface area contributed by atoms with Gasteiger partial charge in [-0.1, -0.05) is 64.4 Å². The number of esters is 1. The molecule has 0 saturated carbocycles. The maximum absolute atomic E-state index is 13.2. The Labute approximate surface area is 241 Å². The van der Waals surface area contributed by atoms with Crippen molar-refractivity contribution in [1.29, 1.82) is 0 Å². The molecule has 0 aliphatic carbocycles. The lowest BCUT2D eigenvalue weighted by atomic mass is 9.96. The number of carbonyl (C=O) groups excluding carboxylic acids is 3. The molecule has 40 heavy (non-hydrogen) atoms. The van der Waals surface area contributed by atoms with Gasteiger partial charge in [0.2, 0.25) is 5.91 Å². The molecule has 2 amide bonds. The third kappa shape index (κ3) is 10.4. The Morgan fingerprint density at radius 3 is 2.35 bits per heavy atom. The predicted molar refractivity (Wildman–Crippen MR) is 155 cm³/mol. The van der Waals surface area contributed by atoms with E-state index in [4.69, 9.17) is 4.74 Å². The summed E-state index contributed by atoms with van der Waals surface area (Å²) in [7, 11) is 1.78. The Hall–Kier alpha value is -3.27. The number of nitrogens with zero attached hydrogens (tertiary/aromatic N) is 2. The summed E-state index contributed by atoms with van der Waals surface area (Å²) in [6, 6.07) is 8.96. The van der Waals surface area contributed by atoms with Gasteiger partial charge in [0.15, 0.2) is 6.10 Å². The van der Waals surface area contributed by atoms with E-state index in [9.17, 15) is 24.3 Å². The molecule has 1 heterocycles. The van der Waals surface area contributed by atoms with Crippen molar-refractivity contribution in [3.8, 4) is 0 Å². The highest BCUT2D eigenvalue weighted by molar-refractivity contribution is 7.09. The topological polar surface area (TPSA) is 126 Å². The highest BCUT2D eigenvalue weighted by atomic mass is 32.1. The van der Waals surface area contributed by atoms with E-state index in [2.05, 4.69) is 10.3 Å². The number of ether oxygens (including phenoxy) is 1. The monoisotopic (exact) mass is 573 g/mol. The highest BCUT2D eigenvalue weighted by Crippen LogP contribution is 2.30. The average Bonchev–Trinajstić information content (AvgIpc) is 3.40. The number of aromatic nitrogens is 1. The van der Waals surface area contributed by atoms with Crippen LogP contribution >= 0.6 is 11.3 Å². The fourth-order valence-electron chi connectivity index (χ4n) is 4.60. The van der Waals surface area contributed by atoms with Crippen LogP contribution in [0.2, 0.25) is 0 Å². The first-order chi connectivity index (χ1) is 18.9. The normalized spacial score (nSPS) is 14.2. The molecule has 2 N–H and O–H groups in total. The molecule has 0 radical (unpaired) electrons. The number of hydrogen-bond donors (Lipinski definition) is 2. The van der Waals surface area contributed by atoms with Gasteiger partial charge in [0.05, 0.1) is 5.92 Å². The summed E-state index contributed by atoms with van der Waals surface area (Å²) in [5.74, 6) is -2.31. The minimum Gasteiger partial charge on any atom is -0.481 e. The van der Waals surface area contributed by atoms with Crippen LogP contribution in [0, 0.1) is 11.8 Å². The van der Waals surface area contributed by atoms with Gasteiger partial charge in [0.25, 0.3) is 5.91 Å². The van der Waals surface area contributed by atoms with Gasteiger partial charge < -0.3 is 20.1 Å². The molecule has 1 aromatic heterocycles. The Morgan fingerprint density at radius 2 is 1.77 bits per heavy atom. The van der Waals surface area contributed by atoms with E-state index in [1.165, 1.54) is 18.3 Å². The molecule has 220 valence electrons. The van der Waals surface area contributed by atoms with Crippen LogP contribution in [0.3, 0.4) is 0 Å². The fraction of sp³-hybridized carbons (Fsp3) is 0.567. The molecular formula is C30H43N3O6S. The highest BCUT2D eigenvalue weighted by Gasteiger charge is 2.31. The van der Waals surface area contributed by atoms with Crippen LogP contribution in [0.5, 0.6) is 0 Å². The van der Waals surface area contributed by atoms with Crippen molar-refractivity contribution in [2.75, 3.05) is 7.05 Å². The molecule has 2 rings (SSSR count). The third-order valence-corrected chi connectivity index (χ3v) is 7.85. The molecule has 4 atom stereocenters. The quantitative estimate of drug-likeness (QED) is 0.262. The van der Waals surface area contributed by atoms with Crippen molar-refractivity contribution in [2.45, 2.75) is 91.3 Å². The molecule has 0 fully saturated rings. The number of nitrogens with one attached hydrogen (secondary N) is 1. The van der Waals surface area contributed by atoms with E-state index in [-0.39, 0.29) is 30.0 Å². The summed E-state index contributed by atoms with van der Waals surface area (Å²) < 4.78 is 5.63. The van der Waals surface area contributed by atoms with Gasteiger partial charge in [-0.25, -0.2) is 4.98 Å². The van der Waals surface area contributed by atoms with Crippen LogP contribution < -0.4 is 5.32 Å². The van der Waals surface area contributed by atoms with Crippen molar-refractivity contribution in [3.05, 3.63) is 52.0 Å². The van der Waals surface area contributed by atoms with E-state index in [0.717, 1.165) is 18.4 Å². The maximum atomic E-state index is 13.2. The lowest BCUT2D eigenvalue weighted by Gasteiger charge is -2.33. The van der Waals surface area contributed by atoms with Gasteiger partial charge >= 0.3 is 11.9 Å². The summed E-state index contributed by atoms with van der Waals surface area (Å²) in [5.41, 5.74) is 1.16. The molecule has 1 aromatic carbocycles. The number of benzene rings is 1. The number of aliphatic carboxylic acids is 1. The first kappa shape index (κ1) is 32.9. The first-order valence-electron chi connectivity index (χ1n) is 13.9. The number of carboxylic acids is 1. The summed E-state index contributed by atoms with van der Waals surface area (Å²) in [4.78, 5) is 55.7. The van der Waals surface area contributed by atoms with Crippen LogP contribution in [0.25, 0.3) is 0 Å². The molecule has 0 bridgehead atoms. The van der Waals surface area contributed by atoms with Gasteiger partial charge in [-0.05, 0) is 30.7 Å². The van der Waals surface area contributed by atoms with Gasteiger partial charge in [0, 0.05) is 44.3 Å². The van der Waals surface area contributed by atoms with Crippen LogP contribution in [0.15, 0.2) is 35.7 Å². The molecule has 9 nitrogen and oxygen atoms in total. The number of unbranched alkanes of at least 4 members (excludes halogenated alkanes) is 1. The predicted octanol–water partition coefficient (Wildman–Crippen LogP) is 5.26. The standard InChI is InChI=1S/C30H43N3O6S/c1-7-8-14-27(35)33(6)25(19(2)3)17-26(39-21(5)34)29-32-24(18-40-29)28(36)31-23(15-20(4)30(37)38)16-22-12-10-9-11-13-22/h9-13,18-20,23,25-26H,7-8,14-17H2,1-6H3,(H,31,36)(H,37,38)/t20?,23-,25-,26-/m1/s1. The molecule has 0 spiro atoms. The zero-order valence-electron chi connectivity index (χ0n) is 24.4. The van der Waals surface area contributed by atoms with Gasteiger partial charge in [-0.2, -0.15) is 0 Å². The Kier molecular flexibility index (Phi) is 13.3. The Morgan fingerprint density at radius 1 is 1.10 bits per heavy atom. The SMILES string of the molecule is CCCCC(=O)N(C)[C@H](C[C@@H](OC(C)=O)c1nc(C(=O)N[C@@H](Cc2ccccc2)CC(C)C(=O)O)cs1)C(C)C. The van der Waals surface area contributed by atoms with Crippen molar-refractivity contribution < 1.29 is 29.0 Å². The Bertz CT molecular complexity index is 1120. The fourth-order valence-corrected chi connectivity index (χ4v) is 5.44. The molecule has 10 heteroatoms. The number of amides is 2. The minimum atomic E-state index is -0.926. The van der Waals surface area contributed by atoms with E-state index in [1.807, 2.05) is 51.1 Å². The van der Waals surface area contributed by atoms with Gasteiger partial charge in [0.1, 0.15) is 10.7 Å². The lowest BCUT2D eigenvalue weighted by molar-refractivity contribution is -0.148. The van der Waals surface area contributed by atoms with Crippen molar-refractivity contribution in [3.63, 3.8) is 0 Å². The second-order valence-corrected chi connectivity index (χ2v) is 11.5. The van der Waals surface area contributed by atoms with E-state index >= 15 is 0 Å². The molecule has 0 aliphatic heterocycles. The zero-order valence-corrected chi connectivity index (χ0v) is 25.2. The maximum Gasteiger partial charge on any atom is 0.306 e. The zero-order chi connectivity index (χ0) is 29.8. The summed E-state index contributed by atoms with van der Waals surface area (Å²) in [5, 5.41) is 14.5. The molecule has 2 aromatic rings. The largest absolute Gasteiger partial charge is 0.481 e. The number of carbonyl (C=O) groups is 4. The van der Waals surface area contributed by atoms with Crippen LogP contribution in [0.1, 0.15) is 93.9 Å². The molecule has 0 saturated heterocycles.